The van der Waals surface area contributed by atoms with E-state index in [2.05, 4.69) is 26.2 Å². The molecule has 0 saturated heterocycles. The fourth-order valence-corrected chi connectivity index (χ4v) is 2.28. The highest BCUT2D eigenvalue weighted by molar-refractivity contribution is 5.83. The van der Waals surface area contributed by atoms with E-state index in [1.54, 1.807) is 16.7 Å². The summed E-state index contributed by atoms with van der Waals surface area (Å²) in [6.45, 7) is 1.92. The largest absolute Gasteiger partial charge is 0.422 e. The molecule has 0 spiro atoms. The summed E-state index contributed by atoms with van der Waals surface area (Å²) >= 11 is 0. The molecule has 0 radical (unpaired) electrons. The molecule has 0 atom stereocenters. The number of nitriles is 1. The van der Waals surface area contributed by atoms with Crippen molar-refractivity contribution in [3.8, 4) is 17.7 Å². The molecule has 4 aromatic rings. The maximum absolute atomic E-state index is 9.31. The van der Waals surface area contributed by atoms with Crippen molar-refractivity contribution in [2.45, 2.75) is 6.92 Å². The van der Waals surface area contributed by atoms with Crippen LogP contribution in [-0.2, 0) is 0 Å². The molecule has 0 amide bonds. The Kier molecular flexibility index (Phi) is 2.26. The third-order valence-corrected chi connectivity index (χ3v) is 3.22. The number of imidazole rings is 1. The van der Waals surface area contributed by atoms with Gasteiger partial charge in [0.1, 0.15) is 17.4 Å². The average molecular weight is 276 g/mol. The van der Waals surface area contributed by atoms with Crippen LogP contribution in [0.4, 0.5) is 0 Å². The van der Waals surface area contributed by atoms with Crippen LogP contribution >= 0.6 is 0 Å². The van der Waals surface area contributed by atoms with Gasteiger partial charge in [0.05, 0.1) is 5.56 Å². The Bertz CT molecular complexity index is 1010. The summed E-state index contributed by atoms with van der Waals surface area (Å²) < 4.78 is 6.94. The predicted molar refractivity (Wildman–Crippen MR) is 73.2 cm³/mol. The van der Waals surface area contributed by atoms with Crippen molar-refractivity contribution in [3.63, 3.8) is 0 Å². The van der Waals surface area contributed by atoms with E-state index in [1.807, 2.05) is 19.1 Å². The molecule has 0 N–H and O–H groups in total. The third-order valence-electron chi connectivity index (χ3n) is 3.22. The van der Waals surface area contributed by atoms with E-state index in [9.17, 15) is 5.26 Å². The number of hydrogen-bond donors (Lipinski definition) is 0. The molecule has 0 aliphatic carbocycles. The maximum Gasteiger partial charge on any atom is 0.267 e. The van der Waals surface area contributed by atoms with E-state index in [0.717, 1.165) is 16.7 Å². The van der Waals surface area contributed by atoms with Gasteiger partial charge >= 0.3 is 0 Å². The summed E-state index contributed by atoms with van der Waals surface area (Å²) in [5, 5.41) is 17.7. The van der Waals surface area contributed by atoms with Gasteiger partial charge in [-0.25, -0.2) is 9.97 Å². The first-order valence-electron chi connectivity index (χ1n) is 6.22. The molecular weight excluding hydrogens is 268 g/mol. The Labute approximate surface area is 118 Å². The van der Waals surface area contributed by atoms with Crippen LogP contribution in [0.5, 0.6) is 0 Å². The van der Waals surface area contributed by atoms with Crippen LogP contribution in [0.2, 0.25) is 0 Å². The van der Waals surface area contributed by atoms with Gasteiger partial charge in [-0.15, -0.1) is 10.2 Å². The fraction of sp³-hybridized carbons (Fsp3) is 0.0714. The maximum atomic E-state index is 9.31. The Morgan fingerprint density at radius 1 is 1.24 bits per heavy atom. The smallest absolute Gasteiger partial charge is 0.267 e. The summed E-state index contributed by atoms with van der Waals surface area (Å²) in [5.41, 5.74) is 3.14. The number of rotatable bonds is 1. The molecule has 21 heavy (non-hydrogen) atoms. The van der Waals surface area contributed by atoms with Gasteiger partial charge in [-0.1, -0.05) is 0 Å². The highest BCUT2D eigenvalue weighted by Gasteiger charge is 2.15. The van der Waals surface area contributed by atoms with E-state index < -0.39 is 0 Å². The van der Waals surface area contributed by atoms with Crippen LogP contribution in [0.25, 0.3) is 28.3 Å². The first kappa shape index (κ1) is 11.5. The molecule has 0 aliphatic heterocycles. The van der Waals surface area contributed by atoms with E-state index >= 15 is 0 Å². The van der Waals surface area contributed by atoms with Gasteiger partial charge in [-0.05, 0) is 25.1 Å². The van der Waals surface area contributed by atoms with Gasteiger partial charge in [0.25, 0.3) is 5.89 Å². The first-order valence-corrected chi connectivity index (χ1v) is 6.22. The number of nitrogens with zero attached hydrogens (tertiary/aromatic N) is 6. The summed E-state index contributed by atoms with van der Waals surface area (Å²) in [5.74, 6) is 0.309. The van der Waals surface area contributed by atoms with Crippen LogP contribution in [0.1, 0.15) is 11.3 Å². The molecule has 4 heterocycles. The molecule has 4 rings (SSSR count). The van der Waals surface area contributed by atoms with Crippen molar-refractivity contribution in [2.24, 2.45) is 0 Å². The van der Waals surface area contributed by atoms with Crippen LogP contribution in [0.15, 0.2) is 35.2 Å². The standard InChI is InChI=1S/C14H8N6O/c1-8-2-3-9-4-10(5-15)13-18-11(14-19-16-7-21-14)6-20(13)12(9)17-8/h2-4,6-7H,1H3. The van der Waals surface area contributed by atoms with Crippen molar-refractivity contribution in [1.82, 2.24) is 24.6 Å². The van der Waals surface area contributed by atoms with Crippen LogP contribution < -0.4 is 0 Å². The second-order valence-corrected chi connectivity index (χ2v) is 4.60. The molecule has 0 saturated carbocycles. The fourth-order valence-electron chi connectivity index (χ4n) is 2.28. The monoisotopic (exact) mass is 276 g/mol. The number of pyridine rings is 2. The lowest BCUT2D eigenvalue weighted by molar-refractivity contribution is 0.567. The summed E-state index contributed by atoms with van der Waals surface area (Å²) in [7, 11) is 0. The molecule has 0 aliphatic rings. The van der Waals surface area contributed by atoms with Crippen molar-refractivity contribution in [3.05, 3.63) is 42.0 Å². The zero-order chi connectivity index (χ0) is 14.4. The Hall–Kier alpha value is -3.27. The summed E-state index contributed by atoms with van der Waals surface area (Å²) in [4.78, 5) is 8.93. The second-order valence-electron chi connectivity index (χ2n) is 4.60. The van der Waals surface area contributed by atoms with E-state index in [1.165, 1.54) is 6.39 Å². The number of aryl methyl sites for hydroxylation is 1. The van der Waals surface area contributed by atoms with Gasteiger partial charge in [0, 0.05) is 17.3 Å². The van der Waals surface area contributed by atoms with Gasteiger partial charge in [0.15, 0.2) is 5.65 Å². The van der Waals surface area contributed by atoms with E-state index in [4.69, 9.17) is 4.42 Å². The summed E-state index contributed by atoms with van der Waals surface area (Å²) in [6, 6.07) is 7.78. The summed E-state index contributed by atoms with van der Waals surface area (Å²) in [6.07, 6.45) is 2.99. The highest BCUT2D eigenvalue weighted by Crippen LogP contribution is 2.23. The second kappa shape index (κ2) is 4.11. The molecule has 4 aromatic heterocycles. The van der Waals surface area contributed by atoms with Crippen LogP contribution in [0.3, 0.4) is 0 Å². The molecule has 7 heteroatoms. The Morgan fingerprint density at radius 3 is 2.90 bits per heavy atom. The number of aromatic nitrogens is 5. The van der Waals surface area contributed by atoms with Gasteiger partial charge in [0.2, 0.25) is 6.39 Å². The minimum Gasteiger partial charge on any atom is -0.422 e. The molecule has 0 bridgehead atoms. The molecule has 7 nitrogen and oxygen atoms in total. The van der Waals surface area contributed by atoms with Crippen LogP contribution in [-0.4, -0.2) is 24.6 Å². The van der Waals surface area contributed by atoms with E-state index in [-0.39, 0.29) is 0 Å². The lowest BCUT2D eigenvalue weighted by Crippen LogP contribution is -1.95. The minimum absolute atomic E-state index is 0.309. The zero-order valence-corrected chi connectivity index (χ0v) is 11.0. The molecule has 100 valence electrons. The van der Waals surface area contributed by atoms with E-state index in [0.29, 0.717) is 22.8 Å². The predicted octanol–water partition coefficient (Wildman–Crippen LogP) is 2.11. The third kappa shape index (κ3) is 1.66. The van der Waals surface area contributed by atoms with Crippen molar-refractivity contribution >= 4 is 16.7 Å². The Morgan fingerprint density at radius 2 is 2.14 bits per heavy atom. The van der Waals surface area contributed by atoms with Gasteiger partial charge in [-0.2, -0.15) is 5.26 Å². The van der Waals surface area contributed by atoms with Crippen molar-refractivity contribution in [2.75, 3.05) is 0 Å². The molecule has 0 aromatic carbocycles. The van der Waals surface area contributed by atoms with Crippen LogP contribution in [0, 0.1) is 18.3 Å². The lowest BCUT2D eigenvalue weighted by Gasteiger charge is -2.03. The average Bonchev–Trinajstić information content (AvgIpc) is 3.15. The van der Waals surface area contributed by atoms with Crippen molar-refractivity contribution < 1.29 is 4.42 Å². The minimum atomic E-state index is 0.309. The normalized spacial score (nSPS) is 11.0. The van der Waals surface area contributed by atoms with Gasteiger partial charge in [-0.3, -0.25) is 4.40 Å². The molecule has 0 fully saturated rings. The SMILES string of the molecule is Cc1ccc2cc(C#N)c3nc(-c4nnco4)cn3c2n1. The Balaban J connectivity index is 2.15. The topological polar surface area (TPSA) is 92.9 Å². The van der Waals surface area contributed by atoms with Crippen molar-refractivity contribution in [1.29, 1.82) is 5.26 Å². The molecular formula is C14H8N6O. The highest BCUT2D eigenvalue weighted by atomic mass is 16.4. The number of hydrogen-bond acceptors (Lipinski definition) is 6. The van der Waals surface area contributed by atoms with Gasteiger partial charge < -0.3 is 4.42 Å². The quantitative estimate of drug-likeness (QED) is 0.528. The molecule has 0 unspecified atom stereocenters. The lowest BCUT2D eigenvalue weighted by atomic mass is 10.2. The number of fused-ring (bicyclic) bond motifs is 3. The zero-order valence-electron chi connectivity index (χ0n) is 11.0. The first-order chi connectivity index (χ1) is 10.3.